The number of likely N-dealkylation sites (tertiary alicyclic amines) is 1. The summed E-state index contributed by atoms with van der Waals surface area (Å²) >= 11 is 0. The first-order valence-electron chi connectivity index (χ1n) is 11.2. The first-order valence-corrected chi connectivity index (χ1v) is 11.2. The SMILES string of the molecule is COC(=O)c1cccc(C(=O)N2CCCC(N3CCN(c4ccc(OC)cc4)CC3)C2)c1. The fraction of sp³-hybridized carbons (Fsp3) is 0.440. The van der Waals surface area contributed by atoms with E-state index >= 15 is 0 Å². The Labute approximate surface area is 189 Å². The Morgan fingerprint density at radius 3 is 2.31 bits per heavy atom. The van der Waals surface area contributed by atoms with Crippen LogP contribution in [0, 0.1) is 0 Å². The molecule has 1 amide bonds. The van der Waals surface area contributed by atoms with Gasteiger partial charge in [-0.15, -0.1) is 0 Å². The van der Waals surface area contributed by atoms with Gasteiger partial charge in [0.15, 0.2) is 0 Å². The summed E-state index contributed by atoms with van der Waals surface area (Å²) in [5, 5.41) is 0. The summed E-state index contributed by atoms with van der Waals surface area (Å²) in [6.45, 7) is 5.39. The summed E-state index contributed by atoms with van der Waals surface area (Å²) in [7, 11) is 3.03. The number of esters is 1. The topological polar surface area (TPSA) is 62.3 Å². The maximum atomic E-state index is 13.1. The van der Waals surface area contributed by atoms with Crippen LogP contribution in [0.15, 0.2) is 48.5 Å². The molecule has 0 saturated carbocycles. The molecule has 4 rings (SSSR count). The zero-order chi connectivity index (χ0) is 22.5. The molecule has 0 aliphatic carbocycles. The number of anilines is 1. The Kier molecular flexibility index (Phi) is 6.95. The number of carbonyl (C=O) groups is 2. The first-order chi connectivity index (χ1) is 15.6. The Morgan fingerprint density at radius 1 is 0.906 bits per heavy atom. The molecule has 1 unspecified atom stereocenters. The van der Waals surface area contributed by atoms with Crippen LogP contribution < -0.4 is 9.64 Å². The Morgan fingerprint density at radius 2 is 1.62 bits per heavy atom. The zero-order valence-electron chi connectivity index (χ0n) is 18.8. The smallest absolute Gasteiger partial charge is 0.337 e. The van der Waals surface area contributed by atoms with E-state index in [9.17, 15) is 9.59 Å². The van der Waals surface area contributed by atoms with Crippen molar-refractivity contribution in [3.8, 4) is 5.75 Å². The van der Waals surface area contributed by atoms with Gasteiger partial charge >= 0.3 is 5.97 Å². The molecule has 0 bridgehead atoms. The molecular formula is C25H31N3O4. The molecule has 2 aliphatic heterocycles. The maximum Gasteiger partial charge on any atom is 0.337 e. The summed E-state index contributed by atoms with van der Waals surface area (Å²) in [5.41, 5.74) is 2.16. The average molecular weight is 438 g/mol. The molecule has 2 fully saturated rings. The lowest BCUT2D eigenvalue weighted by molar-refractivity contribution is 0.0563. The molecule has 7 nitrogen and oxygen atoms in total. The molecular weight excluding hydrogens is 406 g/mol. The predicted octanol–water partition coefficient (Wildman–Crippen LogP) is 2.91. The lowest BCUT2D eigenvalue weighted by Crippen LogP contribution is -2.55. The van der Waals surface area contributed by atoms with E-state index in [0.717, 1.165) is 57.9 Å². The molecule has 32 heavy (non-hydrogen) atoms. The van der Waals surface area contributed by atoms with Crippen LogP contribution in [0.1, 0.15) is 33.6 Å². The zero-order valence-corrected chi connectivity index (χ0v) is 18.8. The molecule has 2 aliphatic rings. The molecule has 2 aromatic rings. The summed E-state index contributed by atoms with van der Waals surface area (Å²) in [6, 6.07) is 15.4. The number of ether oxygens (including phenoxy) is 2. The van der Waals surface area contributed by atoms with Gasteiger partial charge in [-0.1, -0.05) is 6.07 Å². The minimum atomic E-state index is -0.425. The number of piperidine rings is 1. The molecule has 7 heteroatoms. The van der Waals surface area contributed by atoms with Gasteiger partial charge in [0.1, 0.15) is 5.75 Å². The number of methoxy groups -OCH3 is 2. The van der Waals surface area contributed by atoms with E-state index in [1.165, 1.54) is 12.8 Å². The van der Waals surface area contributed by atoms with Crippen LogP contribution in [0.4, 0.5) is 5.69 Å². The van der Waals surface area contributed by atoms with Crippen LogP contribution in [0.2, 0.25) is 0 Å². The second-order valence-corrected chi connectivity index (χ2v) is 8.34. The van der Waals surface area contributed by atoms with Crippen LogP contribution >= 0.6 is 0 Å². The predicted molar refractivity (Wildman–Crippen MR) is 123 cm³/mol. The second kappa shape index (κ2) is 10.0. The average Bonchev–Trinajstić information content (AvgIpc) is 2.88. The molecule has 0 N–H and O–H groups in total. The van der Waals surface area contributed by atoms with Gasteiger partial charge in [-0.05, 0) is 55.3 Å². The fourth-order valence-corrected chi connectivity index (χ4v) is 4.66. The van der Waals surface area contributed by atoms with Gasteiger partial charge in [0, 0.05) is 56.6 Å². The largest absolute Gasteiger partial charge is 0.497 e. The summed E-state index contributed by atoms with van der Waals surface area (Å²) in [6.07, 6.45) is 2.10. The lowest BCUT2D eigenvalue weighted by atomic mass is 10.0. The van der Waals surface area contributed by atoms with Crippen LogP contribution in [0.5, 0.6) is 5.75 Å². The van der Waals surface area contributed by atoms with Gasteiger partial charge in [0.05, 0.1) is 19.8 Å². The summed E-state index contributed by atoms with van der Waals surface area (Å²) in [5.74, 6) is 0.430. The van der Waals surface area contributed by atoms with Crippen LogP contribution in [-0.2, 0) is 4.74 Å². The number of amides is 1. The number of benzene rings is 2. The molecule has 0 spiro atoms. The van der Waals surface area contributed by atoms with E-state index in [1.54, 1.807) is 31.4 Å². The molecule has 0 aromatic heterocycles. The van der Waals surface area contributed by atoms with Gasteiger partial charge in [0.2, 0.25) is 0 Å². The number of carbonyl (C=O) groups excluding carboxylic acids is 2. The second-order valence-electron chi connectivity index (χ2n) is 8.34. The van der Waals surface area contributed by atoms with E-state index in [-0.39, 0.29) is 5.91 Å². The third-order valence-electron chi connectivity index (χ3n) is 6.48. The van der Waals surface area contributed by atoms with Gasteiger partial charge in [0.25, 0.3) is 5.91 Å². The van der Waals surface area contributed by atoms with Crippen LogP contribution in [-0.4, -0.2) is 81.2 Å². The molecule has 2 aromatic carbocycles. The van der Waals surface area contributed by atoms with Gasteiger partial charge in [-0.25, -0.2) is 4.79 Å². The standard InChI is InChI=1S/C25H31N3O4/c1-31-23-10-8-21(9-11-23)26-13-15-27(16-14-26)22-7-4-12-28(18-22)24(29)19-5-3-6-20(17-19)25(30)32-2/h3,5-6,8-11,17,22H,4,7,12-16,18H2,1-2H3. The molecule has 2 saturated heterocycles. The quantitative estimate of drug-likeness (QED) is 0.671. The van der Waals surface area contributed by atoms with Crippen molar-refractivity contribution in [2.75, 3.05) is 58.4 Å². The van der Waals surface area contributed by atoms with Crippen molar-refractivity contribution in [2.24, 2.45) is 0 Å². The van der Waals surface area contributed by atoms with Crippen LogP contribution in [0.25, 0.3) is 0 Å². The Balaban J connectivity index is 1.35. The van der Waals surface area contributed by atoms with E-state index in [2.05, 4.69) is 21.9 Å². The lowest BCUT2D eigenvalue weighted by Gasteiger charge is -2.44. The van der Waals surface area contributed by atoms with E-state index < -0.39 is 5.97 Å². The van der Waals surface area contributed by atoms with E-state index in [0.29, 0.717) is 17.2 Å². The van der Waals surface area contributed by atoms with Gasteiger partial charge < -0.3 is 19.3 Å². The highest BCUT2D eigenvalue weighted by molar-refractivity contribution is 5.98. The van der Waals surface area contributed by atoms with Crippen molar-refractivity contribution >= 4 is 17.6 Å². The number of nitrogens with zero attached hydrogens (tertiary/aromatic N) is 3. The Hall–Kier alpha value is -3.06. The van der Waals surface area contributed by atoms with E-state index in [1.807, 2.05) is 17.0 Å². The molecule has 170 valence electrons. The van der Waals surface area contributed by atoms with Crippen LogP contribution in [0.3, 0.4) is 0 Å². The minimum Gasteiger partial charge on any atom is -0.497 e. The molecule has 0 radical (unpaired) electrons. The van der Waals surface area contributed by atoms with Gasteiger partial charge in [-0.2, -0.15) is 0 Å². The number of piperazine rings is 1. The summed E-state index contributed by atoms with van der Waals surface area (Å²) < 4.78 is 10.0. The highest BCUT2D eigenvalue weighted by Gasteiger charge is 2.30. The normalized spacial score (nSPS) is 19.5. The minimum absolute atomic E-state index is 0.0164. The van der Waals surface area contributed by atoms with Crippen molar-refractivity contribution in [3.05, 3.63) is 59.7 Å². The van der Waals surface area contributed by atoms with Crippen molar-refractivity contribution in [1.29, 1.82) is 0 Å². The first kappa shape index (κ1) is 22.1. The maximum absolute atomic E-state index is 13.1. The monoisotopic (exact) mass is 437 g/mol. The van der Waals surface area contributed by atoms with Gasteiger partial charge in [-0.3, -0.25) is 9.69 Å². The van der Waals surface area contributed by atoms with Crippen molar-refractivity contribution < 1.29 is 19.1 Å². The van der Waals surface area contributed by atoms with Crippen molar-refractivity contribution in [2.45, 2.75) is 18.9 Å². The third kappa shape index (κ3) is 4.88. The number of hydrogen-bond acceptors (Lipinski definition) is 6. The fourth-order valence-electron chi connectivity index (χ4n) is 4.66. The summed E-state index contributed by atoms with van der Waals surface area (Å²) in [4.78, 5) is 31.8. The number of rotatable bonds is 5. The van der Waals surface area contributed by atoms with E-state index in [4.69, 9.17) is 9.47 Å². The molecule has 2 heterocycles. The molecule has 1 atom stereocenters. The Bertz CT molecular complexity index is 938. The van der Waals surface area contributed by atoms with Crippen molar-refractivity contribution in [3.63, 3.8) is 0 Å². The third-order valence-corrected chi connectivity index (χ3v) is 6.48. The van der Waals surface area contributed by atoms with Crippen molar-refractivity contribution in [1.82, 2.24) is 9.80 Å². The highest BCUT2D eigenvalue weighted by Crippen LogP contribution is 2.24. The number of hydrogen-bond donors (Lipinski definition) is 0. The highest BCUT2D eigenvalue weighted by atomic mass is 16.5.